The van der Waals surface area contributed by atoms with Crippen LogP contribution in [0.2, 0.25) is 0 Å². The van der Waals surface area contributed by atoms with Crippen molar-refractivity contribution < 1.29 is 9.47 Å². The molecular weight excluding hydrogens is 414 g/mol. The molecule has 162 valence electrons. The van der Waals surface area contributed by atoms with Gasteiger partial charge in [-0.15, -0.1) is 0 Å². The van der Waals surface area contributed by atoms with Crippen LogP contribution >= 0.6 is 0 Å². The third-order valence-electron chi connectivity index (χ3n) is 6.74. The van der Waals surface area contributed by atoms with E-state index in [4.69, 9.17) is 15.2 Å². The summed E-state index contributed by atoms with van der Waals surface area (Å²) in [7, 11) is 0. The number of nitrogens with two attached hydrogens (primary N) is 1. The van der Waals surface area contributed by atoms with Crippen LogP contribution in [0.4, 0.5) is 0 Å². The van der Waals surface area contributed by atoms with Crippen LogP contribution in [0.15, 0.2) is 71.5 Å². The van der Waals surface area contributed by atoms with Crippen LogP contribution in [0.25, 0.3) is 0 Å². The normalized spacial score (nSPS) is 23.0. The molecular formula is C26H21N5O2. The van der Waals surface area contributed by atoms with Gasteiger partial charge in [0.05, 0.1) is 23.4 Å². The van der Waals surface area contributed by atoms with Crippen LogP contribution in [-0.2, 0) is 6.54 Å². The van der Waals surface area contributed by atoms with Crippen molar-refractivity contribution in [2.45, 2.75) is 12.5 Å². The van der Waals surface area contributed by atoms with Gasteiger partial charge in [-0.05, 0) is 28.8 Å². The van der Waals surface area contributed by atoms with Crippen molar-refractivity contribution in [1.82, 2.24) is 4.90 Å². The average molecular weight is 435 g/mol. The summed E-state index contributed by atoms with van der Waals surface area (Å²) in [5.41, 5.74) is 7.75. The first-order valence-electron chi connectivity index (χ1n) is 10.7. The molecule has 0 unspecified atom stereocenters. The Hall–Kier alpha value is -4.25. The Kier molecular flexibility index (Phi) is 5.02. The lowest BCUT2D eigenvalue weighted by molar-refractivity contribution is 0.173. The van der Waals surface area contributed by atoms with E-state index >= 15 is 0 Å². The molecule has 2 heterocycles. The van der Waals surface area contributed by atoms with Gasteiger partial charge in [-0.25, -0.2) is 0 Å². The predicted octanol–water partition coefficient (Wildman–Crippen LogP) is 3.34. The summed E-state index contributed by atoms with van der Waals surface area (Å²) < 4.78 is 11.0. The Morgan fingerprint density at radius 2 is 1.79 bits per heavy atom. The minimum atomic E-state index is -1.67. The van der Waals surface area contributed by atoms with Gasteiger partial charge >= 0.3 is 0 Å². The molecule has 0 radical (unpaired) electrons. The summed E-state index contributed by atoms with van der Waals surface area (Å²) >= 11 is 0. The zero-order chi connectivity index (χ0) is 23.0. The molecule has 2 aromatic carbocycles. The second-order valence-corrected chi connectivity index (χ2v) is 8.47. The van der Waals surface area contributed by atoms with E-state index in [2.05, 4.69) is 35.2 Å². The SMILES string of the molecule is N#CC1=C(N)C(C#N)(C#N)[C@@H](c2ccc3c(c2)OCO3)[C@H]2CN(Cc3ccccc3)CC=C12. The van der Waals surface area contributed by atoms with Crippen molar-refractivity contribution in [3.63, 3.8) is 0 Å². The first kappa shape index (κ1) is 20.6. The number of hydrogen-bond donors (Lipinski definition) is 1. The number of hydrogen-bond acceptors (Lipinski definition) is 7. The number of allylic oxidation sites excluding steroid dienone is 2. The van der Waals surface area contributed by atoms with Gasteiger partial charge in [0.25, 0.3) is 0 Å². The van der Waals surface area contributed by atoms with E-state index in [9.17, 15) is 15.8 Å². The number of nitriles is 3. The second-order valence-electron chi connectivity index (χ2n) is 8.47. The van der Waals surface area contributed by atoms with E-state index in [1.54, 1.807) is 6.07 Å². The third kappa shape index (κ3) is 3.21. The molecule has 7 nitrogen and oxygen atoms in total. The Morgan fingerprint density at radius 1 is 1.03 bits per heavy atom. The molecule has 7 heteroatoms. The molecule has 0 fully saturated rings. The summed E-state index contributed by atoms with van der Waals surface area (Å²) in [6.45, 7) is 2.09. The molecule has 2 N–H and O–H groups in total. The van der Waals surface area contributed by atoms with E-state index < -0.39 is 11.3 Å². The summed E-state index contributed by atoms with van der Waals surface area (Å²) in [4.78, 5) is 2.26. The van der Waals surface area contributed by atoms with E-state index in [1.807, 2.05) is 36.4 Å². The molecule has 3 aliphatic rings. The molecule has 2 atom stereocenters. The third-order valence-corrected chi connectivity index (χ3v) is 6.74. The first-order chi connectivity index (χ1) is 16.1. The van der Waals surface area contributed by atoms with Crippen LogP contribution in [0.5, 0.6) is 11.5 Å². The van der Waals surface area contributed by atoms with E-state index in [0.29, 0.717) is 24.6 Å². The zero-order valence-electron chi connectivity index (χ0n) is 17.9. The lowest BCUT2D eigenvalue weighted by atomic mass is 9.58. The summed E-state index contributed by atoms with van der Waals surface area (Å²) in [5.74, 6) is 0.377. The molecule has 0 saturated carbocycles. The summed E-state index contributed by atoms with van der Waals surface area (Å²) in [5, 5.41) is 30.4. The molecule has 0 amide bonds. The van der Waals surface area contributed by atoms with Gasteiger partial charge in [0.15, 0.2) is 16.9 Å². The van der Waals surface area contributed by atoms with Crippen molar-refractivity contribution in [1.29, 1.82) is 15.8 Å². The Morgan fingerprint density at radius 3 is 2.52 bits per heavy atom. The lowest BCUT2D eigenvalue weighted by Crippen LogP contribution is -2.47. The monoisotopic (exact) mass is 435 g/mol. The minimum absolute atomic E-state index is 0.0247. The van der Waals surface area contributed by atoms with Crippen molar-refractivity contribution >= 4 is 0 Å². The lowest BCUT2D eigenvalue weighted by Gasteiger charge is -2.45. The highest BCUT2D eigenvalue weighted by atomic mass is 16.7. The average Bonchev–Trinajstić information content (AvgIpc) is 3.32. The van der Waals surface area contributed by atoms with Crippen LogP contribution in [-0.4, -0.2) is 24.8 Å². The number of rotatable bonds is 3. The van der Waals surface area contributed by atoms with Crippen LogP contribution in [0, 0.1) is 45.3 Å². The zero-order valence-corrected chi connectivity index (χ0v) is 17.9. The van der Waals surface area contributed by atoms with Gasteiger partial charge in [0.1, 0.15) is 6.07 Å². The van der Waals surface area contributed by atoms with Gasteiger partial charge in [0.2, 0.25) is 6.79 Å². The molecule has 0 spiro atoms. The first-order valence-corrected chi connectivity index (χ1v) is 10.7. The topological polar surface area (TPSA) is 119 Å². The highest BCUT2D eigenvalue weighted by Gasteiger charge is 2.54. The van der Waals surface area contributed by atoms with Crippen molar-refractivity contribution in [3.8, 4) is 29.7 Å². The maximum atomic E-state index is 10.3. The van der Waals surface area contributed by atoms with Crippen molar-refractivity contribution in [3.05, 3.63) is 82.6 Å². The maximum absolute atomic E-state index is 10.3. The number of fused-ring (bicyclic) bond motifs is 2. The maximum Gasteiger partial charge on any atom is 0.231 e. The minimum Gasteiger partial charge on any atom is -0.454 e. The van der Waals surface area contributed by atoms with Crippen molar-refractivity contribution in [2.75, 3.05) is 19.9 Å². The van der Waals surface area contributed by atoms with Gasteiger partial charge in [-0.1, -0.05) is 42.5 Å². The second kappa shape index (κ2) is 8.02. The molecule has 2 aromatic rings. The molecule has 5 rings (SSSR count). The largest absolute Gasteiger partial charge is 0.454 e. The van der Waals surface area contributed by atoms with Gasteiger partial charge in [-0.3, -0.25) is 4.90 Å². The van der Waals surface area contributed by atoms with Crippen molar-refractivity contribution in [2.24, 2.45) is 17.1 Å². The van der Waals surface area contributed by atoms with Gasteiger partial charge in [-0.2, -0.15) is 15.8 Å². The van der Waals surface area contributed by atoms with E-state index in [1.165, 1.54) is 5.56 Å². The fraction of sp³-hybridized carbons (Fsp3) is 0.269. The summed E-state index contributed by atoms with van der Waals surface area (Å²) in [6, 6.07) is 22.2. The van der Waals surface area contributed by atoms with Crippen LogP contribution < -0.4 is 15.2 Å². The molecule has 33 heavy (non-hydrogen) atoms. The Bertz CT molecular complexity index is 1280. The molecule has 0 saturated heterocycles. The highest BCUT2D eigenvalue weighted by Crippen LogP contribution is 2.55. The smallest absolute Gasteiger partial charge is 0.231 e. The molecule has 0 aromatic heterocycles. The van der Waals surface area contributed by atoms with E-state index in [-0.39, 0.29) is 24.0 Å². The number of ether oxygens (including phenoxy) is 2. The number of nitrogens with zero attached hydrogens (tertiary/aromatic N) is 4. The summed E-state index contributed by atoms with van der Waals surface area (Å²) in [6.07, 6.45) is 2.02. The highest BCUT2D eigenvalue weighted by molar-refractivity contribution is 5.60. The quantitative estimate of drug-likeness (QED) is 0.785. The Balaban J connectivity index is 1.63. The van der Waals surface area contributed by atoms with Crippen LogP contribution in [0.3, 0.4) is 0 Å². The number of benzene rings is 2. The molecule has 0 bridgehead atoms. The Labute approximate surface area is 192 Å². The predicted molar refractivity (Wildman–Crippen MR) is 119 cm³/mol. The standard InChI is InChI=1S/C26H21N5O2/c27-11-20-19-8-9-31(12-17-4-2-1-3-5-17)13-21(19)24(26(14-28,15-29)25(20)30)18-6-7-22-23(10-18)33-16-32-22/h1-8,10,21,24H,9,12-13,16,30H2/t21-,24-/m0/s1. The van der Waals surface area contributed by atoms with Gasteiger partial charge in [0, 0.05) is 31.5 Å². The fourth-order valence-electron chi connectivity index (χ4n) is 5.19. The fourth-order valence-corrected chi connectivity index (χ4v) is 5.19. The van der Waals surface area contributed by atoms with Gasteiger partial charge < -0.3 is 15.2 Å². The van der Waals surface area contributed by atoms with Crippen LogP contribution in [0.1, 0.15) is 17.0 Å². The molecule has 1 aliphatic carbocycles. The van der Waals surface area contributed by atoms with E-state index in [0.717, 1.165) is 17.7 Å². The molecule has 2 aliphatic heterocycles.